The Labute approximate surface area is 212 Å². The van der Waals surface area contributed by atoms with E-state index in [9.17, 15) is 4.39 Å². The van der Waals surface area contributed by atoms with Crippen LogP contribution >= 0.6 is 24.0 Å². The molecule has 0 radical (unpaired) electrons. The summed E-state index contributed by atoms with van der Waals surface area (Å²) in [6, 6.07) is 15.1. The molecule has 33 heavy (non-hydrogen) atoms. The van der Waals surface area contributed by atoms with Crippen molar-refractivity contribution >= 4 is 41.0 Å². The highest BCUT2D eigenvalue weighted by molar-refractivity contribution is 14.0. The van der Waals surface area contributed by atoms with Crippen molar-refractivity contribution in [2.45, 2.75) is 38.1 Å². The van der Waals surface area contributed by atoms with Gasteiger partial charge in [0.05, 0.1) is 11.0 Å². The fourth-order valence-corrected chi connectivity index (χ4v) is 4.53. The zero-order chi connectivity index (χ0) is 22.4. The highest BCUT2D eigenvalue weighted by atomic mass is 127. The average Bonchev–Trinajstić information content (AvgIpc) is 3.14. The van der Waals surface area contributed by atoms with E-state index in [4.69, 9.17) is 4.74 Å². The molecule has 4 rings (SSSR count). The molecule has 0 atom stereocenters. The molecular formula is C25H33FIN5O. The predicted octanol–water partition coefficient (Wildman–Crippen LogP) is 4.41. The van der Waals surface area contributed by atoms with Gasteiger partial charge < -0.3 is 19.9 Å². The molecule has 0 amide bonds. The summed E-state index contributed by atoms with van der Waals surface area (Å²) in [4.78, 5) is 9.04. The summed E-state index contributed by atoms with van der Waals surface area (Å²) in [5.74, 6) is 1.61. The van der Waals surface area contributed by atoms with Gasteiger partial charge in [-0.3, -0.25) is 4.99 Å². The number of guanidine groups is 1. The minimum absolute atomic E-state index is 0. The highest BCUT2D eigenvalue weighted by Gasteiger charge is 2.34. The molecule has 1 aromatic heterocycles. The number of aromatic nitrogens is 2. The molecule has 0 saturated carbocycles. The Hall–Kier alpha value is -2.20. The lowest BCUT2D eigenvalue weighted by atomic mass is 9.74. The van der Waals surface area contributed by atoms with Crippen LogP contribution in [0.1, 0.15) is 30.7 Å². The molecule has 0 spiro atoms. The smallest absolute Gasteiger partial charge is 0.191 e. The van der Waals surface area contributed by atoms with Crippen LogP contribution in [-0.2, 0) is 16.7 Å². The Bertz CT molecular complexity index is 1060. The molecule has 1 saturated heterocycles. The third kappa shape index (κ3) is 6.03. The van der Waals surface area contributed by atoms with E-state index in [0.717, 1.165) is 61.8 Å². The minimum Gasteiger partial charge on any atom is -0.381 e. The number of imidazole rings is 1. The largest absolute Gasteiger partial charge is 0.381 e. The van der Waals surface area contributed by atoms with E-state index in [2.05, 4.69) is 50.3 Å². The Morgan fingerprint density at radius 3 is 2.58 bits per heavy atom. The Morgan fingerprint density at radius 2 is 1.85 bits per heavy atom. The molecule has 2 N–H and O–H groups in total. The summed E-state index contributed by atoms with van der Waals surface area (Å²) in [5.41, 5.74) is 3.27. The van der Waals surface area contributed by atoms with E-state index < -0.39 is 0 Å². The maximum absolute atomic E-state index is 13.5. The molecule has 1 fully saturated rings. The van der Waals surface area contributed by atoms with Gasteiger partial charge in [0.15, 0.2) is 5.96 Å². The van der Waals surface area contributed by atoms with Crippen LogP contribution in [0.4, 0.5) is 4.39 Å². The van der Waals surface area contributed by atoms with Gasteiger partial charge in [-0.25, -0.2) is 9.37 Å². The predicted molar refractivity (Wildman–Crippen MR) is 142 cm³/mol. The van der Waals surface area contributed by atoms with Crippen molar-refractivity contribution in [3.8, 4) is 0 Å². The van der Waals surface area contributed by atoms with Crippen LogP contribution in [0.2, 0.25) is 0 Å². The quantitative estimate of drug-likeness (QED) is 0.193. The molecule has 0 aliphatic carbocycles. The van der Waals surface area contributed by atoms with Gasteiger partial charge in [-0.1, -0.05) is 24.3 Å². The van der Waals surface area contributed by atoms with Crippen LogP contribution in [0.3, 0.4) is 0 Å². The second-order valence-corrected chi connectivity index (χ2v) is 8.41. The van der Waals surface area contributed by atoms with Gasteiger partial charge in [0, 0.05) is 45.3 Å². The van der Waals surface area contributed by atoms with Gasteiger partial charge in [-0.2, -0.15) is 0 Å². The van der Waals surface area contributed by atoms with Crippen molar-refractivity contribution < 1.29 is 9.13 Å². The number of benzene rings is 2. The third-order valence-electron chi connectivity index (χ3n) is 6.42. The lowest BCUT2D eigenvalue weighted by Gasteiger charge is -2.38. The lowest BCUT2D eigenvalue weighted by molar-refractivity contribution is 0.0513. The van der Waals surface area contributed by atoms with E-state index in [0.29, 0.717) is 13.2 Å². The molecular weight excluding hydrogens is 532 g/mol. The number of aryl methyl sites for hydroxylation is 2. The Balaban J connectivity index is 0.00000306. The topological polar surface area (TPSA) is 63.5 Å². The molecule has 3 aromatic rings. The number of hydrogen-bond donors (Lipinski definition) is 2. The maximum Gasteiger partial charge on any atom is 0.191 e. The van der Waals surface area contributed by atoms with E-state index in [1.165, 1.54) is 5.52 Å². The number of hydrogen-bond acceptors (Lipinski definition) is 3. The van der Waals surface area contributed by atoms with Gasteiger partial charge in [0.2, 0.25) is 0 Å². The first-order valence-corrected chi connectivity index (χ1v) is 11.3. The molecule has 178 valence electrons. The first-order chi connectivity index (χ1) is 15.6. The van der Waals surface area contributed by atoms with Crippen LogP contribution in [0.25, 0.3) is 11.0 Å². The van der Waals surface area contributed by atoms with Crippen LogP contribution in [0.5, 0.6) is 0 Å². The zero-order valence-corrected chi connectivity index (χ0v) is 21.6. The van der Waals surface area contributed by atoms with Gasteiger partial charge in [0.25, 0.3) is 0 Å². The highest BCUT2D eigenvalue weighted by Crippen LogP contribution is 2.34. The monoisotopic (exact) mass is 565 g/mol. The van der Waals surface area contributed by atoms with Gasteiger partial charge in [-0.15, -0.1) is 24.0 Å². The summed E-state index contributed by atoms with van der Waals surface area (Å²) < 4.78 is 21.3. The van der Waals surface area contributed by atoms with Crippen LogP contribution in [0, 0.1) is 12.7 Å². The molecule has 1 aliphatic heterocycles. The average molecular weight is 565 g/mol. The molecule has 8 heteroatoms. The third-order valence-corrected chi connectivity index (χ3v) is 6.42. The van der Waals surface area contributed by atoms with E-state index in [-0.39, 0.29) is 35.2 Å². The van der Waals surface area contributed by atoms with Crippen LogP contribution in [0.15, 0.2) is 53.5 Å². The van der Waals surface area contributed by atoms with Crippen molar-refractivity contribution in [1.82, 2.24) is 20.2 Å². The molecule has 0 unspecified atom stereocenters. The molecule has 2 heterocycles. The molecule has 6 nitrogen and oxygen atoms in total. The first-order valence-electron chi connectivity index (χ1n) is 11.3. The number of nitrogens with one attached hydrogen (secondary N) is 2. The van der Waals surface area contributed by atoms with Gasteiger partial charge in [-0.05, 0) is 56.0 Å². The lowest BCUT2D eigenvalue weighted by Crippen LogP contribution is -2.48. The second-order valence-electron chi connectivity index (χ2n) is 8.41. The van der Waals surface area contributed by atoms with E-state index in [1.807, 2.05) is 18.2 Å². The number of halogens is 2. The Kier molecular flexibility index (Phi) is 9.08. The normalized spacial score (nSPS) is 15.8. The summed E-state index contributed by atoms with van der Waals surface area (Å²) in [7, 11) is 1.79. The molecule has 0 bridgehead atoms. The second kappa shape index (κ2) is 11.8. The Morgan fingerprint density at radius 1 is 1.12 bits per heavy atom. The standard InChI is InChI=1S/C25H32FN5O.HI/c1-19-30-22-6-3-4-7-23(22)31(19)15-5-14-28-24(27-2)29-18-25(12-16-32-17-13-25)20-8-10-21(26)11-9-20;/h3-4,6-11H,5,12-18H2,1-2H3,(H2,27,28,29);1H. The SMILES string of the molecule is CN=C(NCCCn1c(C)nc2ccccc21)NCC1(c2ccc(F)cc2)CCOCC1.I. The van der Waals surface area contributed by atoms with Crippen molar-refractivity contribution in [3.63, 3.8) is 0 Å². The number of fused-ring (bicyclic) bond motifs is 1. The molecule has 2 aromatic carbocycles. The van der Waals surface area contributed by atoms with Crippen LogP contribution < -0.4 is 10.6 Å². The summed E-state index contributed by atoms with van der Waals surface area (Å²) in [6.07, 6.45) is 2.75. The van der Waals surface area contributed by atoms with Crippen molar-refractivity contribution in [2.24, 2.45) is 4.99 Å². The van der Waals surface area contributed by atoms with Crippen molar-refractivity contribution in [1.29, 1.82) is 0 Å². The van der Waals surface area contributed by atoms with Crippen molar-refractivity contribution in [2.75, 3.05) is 33.4 Å². The summed E-state index contributed by atoms with van der Waals surface area (Å²) in [5, 5.41) is 6.93. The summed E-state index contributed by atoms with van der Waals surface area (Å²) >= 11 is 0. The zero-order valence-electron chi connectivity index (χ0n) is 19.3. The van der Waals surface area contributed by atoms with Crippen molar-refractivity contribution in [3.05, 3.63) is 65.7 Å². The van der Waals surface area contributed by atoms with Crippen LogP contribution in [-0.4, -0.2) is 48.9 Å². The van der Waals surface area contributed by atoms with E-state index >= 15 is 0 Å². The fraction of sp³-hybridized carbons (Fsp3) is 0.440. The fourth-order valence-electron chi connectivity index (χ4n) is 4.53. The number of ether oxygens (including phenoxy) is 1. The maximum atomic E-state index is 13.5. The first kappa shape index (κ1) is 25.4. The summed E-state index contributed by atoms with van der Waals surface area (Å²) in [6.45, 7) is 5.90. The minimum atomic E-state index is -0.206. The number of aliphatic imine (C=N–C) groups is 1. The molecule has 1 aliphatic rings. The van der Waals surface area contributed by atoms with Gasteiger partial charge >= 0.3 is 0 Å². The van der Waals surface area contributed by atoms with E-state index in [1.54, 1.807) is 19.2 Å². The number of nitrogens with zero attached hydrogens (tertiary/aromatic N) is 3. The number of rotatable bonds is 7. The van der Waals surface area contributed by atoms with Gasteiger partial charge in [0.1, 0.15) is 11.6 Å². The number of para-hydroxylation sites is 2.